The Morgan fingerprint density at radius 3 is 2.70 bits per heavy atom. The van der Waals surface area contributed by atoms with Gasteiger partial charge in [-0.1, -0.05) is 0 Å². The van der Waals surface area contributed by atoms with Gasteiger partial charge in [0.1, 0.15) is 30.3 Å². The van der Waals surface area contributed by atoms with Crippen molar-refractivity contribution in [3.05, 3.63) is 23.8 Å². The van der Waals surface area contributed by atoms with Crippen molar-refractivity contribution in [3.63, 3.8) is 0 Å². The Morgan fingerprint density at radius 2 is 2.15 bits per heavy atom. The smallest absolute Gasteiger partial charge is 0.323 e. The molecule has 1 rings (SSSR count). The third kappa shape index (κ3) is 4.38. The monoisotopic (exact) mass is 285 g/mol. The van der Waals surface area contributed by atoms with E-state index >= 15 is 0 Å². The Labute approximate surface area is 117 Å². The fourth-order valence-corrected chi connectivity index (χ4v) is 1.71. The molecule has 1 atom stereocenters. The maximum Gasteiger partial charge on any atom is 0.323 e. The molecule has 112 valence electrons. The molecule has 6 heteroatoms. The van der Waals surface area contributed by atoms with Gasteiger partial charge in [-0.3, -0.25) is 4.79 Å². The molecule has 0 bridgehead atoms. The van der Waals surface area contributed by atoms with Crippen molar-refractivity contribution < 1.29 is 23.8 Å². The van der Waals surface area contributed by atoms with E-state index in [0.717, 1.165) is 0 Å². The van der Waals surface area contributed by atoms with Crippen LogP contribution in [0.5, 0.6) is 11.5 Å². The number of hydrogen-bond donors (Lipinski definition) is 2. The zero-order valence-corrected chi connectivity index (χ0v) is 11.7. The maximum atomic E-state index is 12.1. The minimum atomic E-state index is -1.41. The Kier molecular flexibility index (Phi) is 5.76. The summed E-state index contributed by atoms with van der Waals surface area (Å²) < 4.78 is 22.7. The van der Waals surface area contributed by atoms with Crippen LogP contribution in [0.2, 0.25) is 0 Å². The largest absolute Gasteiger partial charge is 0.494 e. The van der Waals surface area contributed by atoms with Gasteiger partial charge >= 0.3 is 5.97 Å². The molecule has 3 N–H and O–H groups in total. The Bertz CT molecular complexity index is 462. The summed E-state index contributed by atoms with van der Waals surface area (Å²) in [6.07, 6.45) is 0.0878. The maximum absolute atomic E-state index is 12.1. The first kappa shape index (κ1) is 16.2. The Balaban J connectivity index is 3.02. The Hall–Kier alpha value is -1.82. The highest BCUT2D eigenvalue weighted by Gasteiger charge is 2.29. The lowest BCUT2D eigenvalue weighted by Gasteiger charge is -2.21. The molecule has 1 aromatic carbocycles. The number of rotatable bonds is 8. The van der Waals surface area contributed by atoms with E-state index in [1.807, 2.05) is 6.92 Å². The lowest BCUT2D eigenvalue weighted by molar-refractivity contribution is -0.142. The van der Waals surface area contributed by atoms with Gasteiger partial charge in [0.25, 0.3) is 0 Å². The second-order valence-electron chi connectivity index (χ2n) is 4.64. The van der Waals surface area contributed by atoms with Crippen molar-refractivity contribution in [2.75, 3.05) is 19.9 Å². The van der Waals surface area contributed by atoms with Gasteiger partial charge in [0.15, 0.2) is 0 Å². The molecule has 0 saturated heterocycles. The SMILES string of the molecule is CCOc1ccc(OCCF)cc1CC(C)(N)C(=O)O. The van der Waals surface area contributed by atoms with E-state index in [1.54, 1.807) is 18.2 Å². The van der Waals surface area contributed by atoms with Crippen LogP contribution in [0, 0.1) is 0 Å². The summed E-state index contributed by atoms with van der Waals surface area (Å²) in [4.78, 5) is 11.1. The van der Waals surface area contributed by atoms with Crippen LogP contribution < -0.4 is 15.2 Å². The number of ether oxygens (including phenoxy) is 2. The van der Waals surface area contributed by atoms with Gasteiger partial charge in [-0.2, -0.15) is 0 Å². The number of aliphatic carboxylic acids is 1. The van der Waals surface area contributed by atoms with Crippen molar-refractivity contribution in [3.8, 4) is 11.5 Å². The fraction of sp³-hybridized carbons (Fsp3) is 0.500. The van der Waals surface area contributed by atoms with Crippen LogP contribution in [-0.4, -0.2) is 36.5 Å². The summed E-state index contributed by atoms with van der Waals surface area (Å²) >= 11 is 0. The molecule has 0 fully saturated rings. The lowest BCUT2D eigenvalue weighted by atomic mass is 9.93. The van der Waals surface area contributed by atoms with Crippen LogP contribution in [0.15, 0.2) is 18.2 Å². The first-order valence-electron chi connectivity index (χ1n) is 6.37. The van der Waals surface area contributed by atoms with Crippen molar-refractivity contribution in [2.45, 2.75) is 25.8 Å². The van der Waals surface area contributed by atoms with Crippen LogP contribution >= 0.6 is 0 Å². The van der Waals surface area contributed by atoms with Crippen molar-refractivity contribution in [2.24, 2.45) is 5.73 Å². The number of carboxylic acids is 1. The van der Waals surface area contributed by atoms with Crippen molar-refractivity contribution in [1.82, 2.24) is 0 Å². The van der Waals surface area contributed by atoms with Gasteiger partial charge in [0.05, 0.1) is 6.61 Å². The second-order valence-corrected chi connectivity index (χ2v) is 4.64. The molecule has 0 aliphatic heterocycles. The van der Waals surface area contributed by atoms with Crippen LogP contribution in [0.1, 0.15) is 19.4 Å². The molecule has 0 saturated carbocycles. The number of carboxylic acid groups (broad SMARTS) is 1. The molecule has 0 aromatic heterocycles. The third-order valence-corrected chi connectivity index (χ3v) is 2.72. The summed E-state index contributed by atoms with van der Waals surface area (Å²) in [6, 6.07) is 4.96. The van der Waals surface area contributed by atoms with Crippen molar-refractivity contribution in [1.29, 1.82) is 0 Å². The van der Waals surface area contributed by atoms with Crippen LogP contribution in [0.3, 0.4) is 0 Å². The number of hydrogen-bond acceptors (Lipinski definition) is 4. The van der Waals surface area contributed by atoms with E-state index in [-0.39, 0.29) is 13.0 Å². The van der Waals surface area contributed by atoms with E-state index in [1.165, 1.54) is 6.92 Å². The molecule has 0 amide bonds. The molecule has 0 radical (unpaired) electrons. The molecular formula is C14H20FNO4. The highest BCUT2D eigenvalue weighted by atomic mass is 19.1. The van der Waals surface area contributed by atoms with Gasteiger partial charge in [-0.15, -0.1) is 0 Å². The number of alkyl halides is 1. The summed E-state index contributed by atoms with van der Waals surface area (Å²) in [5.41, 5.74) is 4.96. The number of benzene rings is 1. The van der Waals surface area contributed by atoms with E-state index in [2.05, 4.69) is 0 Å². The first-order chi connectivity index (χ1) is 9.40. The summed E-state index contributed by atoms with van der Waals surface area (Å²) in [6.45, 7) is 3.07. The standard InChI is InChI=1S/C14H20FNO4/c1-3-19-12-5-4-11(20-7-6-15)8-10(12)9-14(2,16)13(17)18/h4-5,8H,3,6-7,9,16H2,1-2H3,(H,17,18). The quantitative estimate of drug-likeness (QED) is 0.761. The number of halogens is 1. The van der Waals surface area contributed by atoms with Gasteiger partial charge in [0.2, 0.25) is 0 Å². The summed E-state index contributed by atoms with van der Waals surface area (Å²) in [5.74, 6) is -0.0876. The predicted octanol–water partition coefficient (Wildman–Crippen LogP) is 1.78. The normalized spacial score (nSPS) is 13.6. The zero-order chi connectivity index (χ0) is 15.2. The molecule has 1 unspecified atom stereocenters. The van der Waals surface area contributed by atoms with Gasteiger partial charge in [-0.25, -0.2) is 4.39 Å². The van der Waals surface area contributed by atoms with Crippen LogP contribution in [0.4, 0.5) is 4.39 Å². The third-order valence-electron chi connectivity index (χ3n) is 2.72. The highest BCUT2D eigenvalue weighted by molar-refractivity contribution is 5.78. The second kappa shape index (κ2) is 7.09. The first-order valence-corrected chi connectivity index (χ1v) is 6.37. The van der Waals surface area contributed by atoms with E-state index < -0.39 is 18.2 Å². The molecule has 0 heterocycles. The molecule has 20 heavy (non-hydrogen) atoms. The topological polar surface area (TPSA) is 81.8 Å². The fourth-order valence-electron chi connectivity index (χ4n) is 1.71. The molecule has 1 aromatic rings. The average molecular weight is 285 g/mol. The molecule has 0 aliphatic rings. The van der Waals surface area contributed by atoms with Crippen LogP contribution in [-0.2, 0) is 11.2 Å². The number of carbonyl (C=O) groups is 1. The van der Waals surface area contributed by atoms with Gasteiger partial charge in [0, 0.05) is 12.0 Å². The van der Waals surface area contributed by atoms with E-state index in [0.29, 0.717) is 23.7 Å². The number of nitrogens with two attached hydrogens (primary N) is 1. The van der Waals surface area contributed by atoms with E-state index in [9.17, 15) is 9.18 Å². The highest BCUT2D eigenvalue weighted by Crippen LogP contribution is 2.27. The van der Waals surface area contributed by atoms with Crippen molar-refractivity contribution >= 4 is 5.97 Å². The molecule has 0 spiro atoms. The zero-order valence-electron chi connectivity index (χ0n) is 11.7. The molecule has 0 aliphatic carbocycles. The molecular weight excluding hydrogens is 265 g/mol. The Morgan fingerprint density at radius 1 is 1.45 bits per heavy atom. The lowest BCUT2D eigenvalue weighted by Crippen LogP contribution is -2.46. The minimum absolute atomic E-state index is 0.0494. The van der Waals surface area contributed by atoms with E-state index in [4.69, 9.17) is 20.3 Å². The molecule has 5 nitrogen and oxygen atoms in total. The van der Waals surface area contributed by atoms with Crippen LogP contribution in [0.25, 0.3) is 0 Å². The summed E-state index contributed by atoms with van der Waals surface area (Å²) in [5, 5.41) is 9.09. The predicted molar refractivity (Wildman–Crippen MR) is 73.0 cm³/mol. The summed E-state index contributed by atoms with van der Waals surface area (Å²) in [7, 11) is 0. The average Bonchev–Trinajstić information content (AvgIpc) is 2.38. The van der Waals surface area contributed by atoms with Gasteiger partial charge < -0.3 is 20.3 Å². The van der Waals surface area contributed by atoms with Gasteiger partial charge in [-0.05, 0) is 32.0 Å². The minimum Gasteiger partial charge on any atom is -0.494 e.